The number of fused-ring (bicyclic) bond motifs is 4. The fraction of sp³-hybridized carbons (Fsp3) is 0.500. The summed E-state index contributed by atoms with van der Waals surface area (Å²) in [7, 11) is 0. The maximum absolute atomic E-state index is 6.29. The molecule has 0 saturated carbocycles. The third-order valence-electron chi connectivity index (χ3n) is 5.04. The number of para-hydroxylation sites is 1. The summed E-state index contributed by atoms with van der Waals surface area (Å²) in [5.41, 5.74) is 0.932. The Balaban J connectivity index is 1.35. The molecule has 114 valence electrons. The standard InChI is InChI=1S/C16H18N4OS/c1-2-6-13-12(5-1)18-15(22-13)19-14-17-9-16(21-14)10-20-7-3-4-11(16)8-20/h1-2,5-6,11H,3-4,7-10H2,(H,17,18,19)/t11-,16-/m0/s1. The van der Waals surface area contributed by atoms with Gasteiger partial charge in [0.15, 0.2) is 5.13 Å². The van der Waals surface area contributed by atoms with Crippen molar-refractivity contribution in [2.24, 2.45) is 10.9 Å². The second-order valence-corrected chi connectivity index (χ2v) is 7.50. The first-order valence-corrected chi connectivity index (χ1v) is 8.71. The molecule has 4 heterocycles. The quantitative estimate of drug-likeness (QED) is 0.879. The Morgan fingerprint density at radius 3 is 3.23 bits per heavy atom. The van der Waals surface area contributed by atoms with Crippen LogP contribution in [-0.4, -0.2) is 47.7 Å². The van der Waals surface area contributed by atoms with Crippen LogP contribution < -0.4 is 5.32 Å². The molecule has 0 amide bonds. The highest BCUT2D eigenvalue weighted by molar-refractivity contribution is 7.22. The molecule has 5 nitrogen and oxygen atoms in total. The van der Waals surface area contributed by atoms with Crippen LogP contribution in [0, 0.1) is 5.92 Å². The lowest BCUT2D eigenvalue weighted by Gasteiger charge is -2.28. The van der Waals surface area contributed by atoms with Crippen molar-refractivity contribution >= 4 is 32.7 Å². The SMILES string of the molecule is c1ccc2sc(NC3=NC[C@@]4(C[N@]5CCC[C@H]4C5)O3)nc2c1. The maximum atomic E-state index is 6.29. The van der Waals surface area contributed by atoms with Gasteiger partial charge in [-0.3, -0.25) is 10.2 Å². The molecule has 1 aromatic heterocycles. The molecule has 3 aliphatic rings. The second-order valence-electron chi connectivity index (χ2n) is 6.47. The molecule has 3 aliphatic heterocycles. The summed E-state index contributed by atoms with van der Waals surface area (Å²) in [5, 5.41) is 4.14. The van der Waals surface area contributed by atoms with Gasteiger partial charge in [0, 0.05) is 19.0 Å². The lowest BCUT2D eigenvalue weighted by Crippen LogP contribution is -2.41. The number of aromatic nitrogens is 1. The molecule has 22 heavy (non-hydrogen) atoms. The minimum absolute atomic E-state index is 0.0878. The van der Waals surface area contributed by atoms with Crippen LogP contribution in [-0.2, 0) is 4.74 Å². The van der Waals surface area contributed by atoms with Crippen molar-refractivity contribution in [3.8, 4) is 0 Å². The van der Waals surface area contributed by atoms with Crippen molar-refractivity contribution in [2.45, 2.75) is 18.4 Å². The van der Waals surface area contributed by atoms with Gasteiger partial charge in [-0.05, 0) is 31.5 Å². The summed E-state index contributed by atoms with van der Waals surface area (Å²) in [5.74, 6) is 0.625. The van der Waals surface area contributed by atoms with Crippen LogP contribution in [0.3, 0.4) is 0 Å². The number of nitrogens with zero attached hydrogens (tertiary/aromatic N) is 3. The lowest BCUT2D eigenvalue weighted by molar-refractivity contribution is 0.0588. The first kappa shape index (κ1) is 12.8. The monoisotopic (exact) mass is 314 g/mol. The van der Waals surface area contributed by atoms with E-state index in [4.69, 9.17) is 4.74 Å². The molecule has 1 spiro atoms. The van der Waals surface area contributed by atoms with Crippen LogP contribution in [0.15, 0.2) is 29.3 Å². The van der Waals surface area contributed by atoms with Gasteiger partial charge in [-0.1, -0.05) is 23.5 Å². The molecule has 6 heteroatoms. The first-order chi connectivity index (χ1) is 10.8. The van der Waals surface area contributed by atoms with E-state index in [2.05, 4.69) is 26.3 Å². The fourth-order valence-corrected chi connectivity index (χ4v) is 4.83. The summed E-state index contributed by atoms with van der Waals surface area (Å²) in [6.45, 7) is 4.18. The van der Waals surface area contributed by atoms with Crippen molar-refractivity contribution in [2.75, 3.05) is 31.5 Å². The summed E-state index contributed by atoms with van der Waals surface area (Å²) in [4.78, 5) is 11.7. The third-order valence-corrected chi connectivity index (χ3v) is 5.99. The van der Waals surface area contributed by atoms with Crippen molar-refractivity contribution in [3.05, 3.63) is 24.3 Å². The van der Waals surface area contributed by atoms with Gasteiger partial charge in [0.05, 0.1) is 16.8 Å². The van der Waals surface area contributed by atoms with Gasteiger partial charge in [0.25, 0.3) is 6.02 Å². The van der Waals surface area contributed by atoms with Crippen LogP contribution in [0.1, 0.15) is 12.8 Å². The van der Waals surface area contributed by atoms with E-state index in [0.717, 1.165) is 23.7 Å². The number of nitrogens with one attached hydrogen (secondary N) is 1. The van der Waals surface area contributed by atoms with Crippen molar-refractivity contribution in [1.82, 2.24) is 9.88 Å². The number of ether oxygens (including phenoxy) is 1. The van der Waals surface area contributed by atoms with E-state index in [9.17, 15) is 0 Å². The van der Waals surface area contributed by atoms with Crippen LogP contribution in [0.25, 0.3) is 10.2 Å². The Kier molecular flexibility index (Phi) is 2.72. The van der Waals surface area contributed by atoms with Crippen LogP contribution in [0.5, 0.6) is 0 Å². The van der Waals surface area contributed by atoms with E-state index in [1.165, 1.54) is 30.6 Å². The minimum Gasteiger partial charge on any atom is -0.455 e. The summed E-state index contributed by atoms with van der Waals surface area (Å²) < 4.78 is 7.47. The number of anilines is 1. The van der Waals surface area contributed by atoms with Gasteiger partial charge in [-0.25, -0.2) is 9.98 Å². The molecule has 0 aliphatic carbocycles. The number of aliphatic imine (C=N–C) groups is 1. The number of hydrogen-bond acceptors (Lipinski definition) is 6. The fourth-order valence-electron chi connectivity index (χ4n) is 3.98. The van der Waals surface area contributed by atoms with Crippen molar-refractivity contribution < 1.29 is 4.74 Å². The van der Waals surface area contributed by atoms with Gasteiger partial charge in [0.2, 0.25) is 0 Å². The van der Waals surface area contributed by atoms with Crippen molar-refractivity contribution in [3.63, 3.8) is 0 Å². The molecule has 1 aromatic carbocycles. The Morgan fingerprint density at radius 2 is 2.32 bits per heavy atom. The molecule has 1 N–H and O–H groups in total. The van der Waals surface area contributed by atoms with Gasteiger partial charge >= 0.3 is 0 Å². The molecule has 2 bridgehead atoms. The number of rotatable bonds is 1. The Hall–Kier alpha value is -1.66. The molecular formula is C16H18N4OS. The van der Waals surface area contributed by atoms with E-state index >= 15 is 0 Å². The molecular weight excluding hydrogens is 296 g/mol. The average molecular weight is 314 g/mol. The molecule has 0 unspecified atom stereocenters. The number of amidine groups is 1. The van der Waals surface area contributed by atoms with Gasteiger partial charge in [-0.15, -0.1) is 0 Å². The predicted octanol–water partition coefficient (Wildman–Crippen LogP) is 2.56. The third kappa shape index (κ3) is 1.94. The zero-order valence-corrected chi connectivity index (χ0v) is 13.1. The highest BCUT2D eigenvalue weighted by Gasteiger charge is 2.53. The average Bonchev–Trinajstić information content (AvgIpc) is 3.17. The van der Waals surface area contributed by atoms with Crippen LogP contribution in [0.4, 0.5) is 5.13 Å². The molecule has 2 aromatic rings. The highest BCUT2D eigenvalue weighted by Crippen LogP contribution is 2.40. The first-order valence-electron chi connectivity index (χ1n) is 7.89. The molecule has 5 rings (SSSR count). The number of hydrogen-bond donors (Lipinski definition) is 1. The zero-order chi connectivity index (χ0) is 14.6. The lowest BCUT2D eigenvalue weighted by atomic mass is 9.87. The Bertz CT molecular complexity index is 724. The highest BCUT2D eigenvalue weighted by atomic mass is 32.1. The molecule has 0 radical (unpaired) electrons. The zero-order valence-electron chi connectivity index (χ0n) is 12.3. The topological polar surface area (TPSA) is 49.8 Å². The predicted molar refractivity (Wildman–Crippen MR) is 88.5 cm³/mol. The summed E-state index contributed by atoms with van der Waals surface area (Å²) >= 11 is 1.64. The van der Waals surface area contributed by atoms with Gasteiger partial charge in [0.1, 0.15) is 5.60 Å². The van der Waals surface area contributed by atoms with E-state index < -0.39 is 0 Å². The van der Waals surface area contributed by atoms with Crippen molar-refractivity contribution in [1.29, 1.82) is 0 Å². The maximum Gasteiger partial charge on any atom is 0.291 e. The Morgan fingerprint density at radius 1 is 1.36 bits per heavy atom. The summed E-state index contributed by atoms with van der Waals surface area (Å²) in [6, 6.07) is 8.81. The largest absolute Gasteiger partial charge is 0.455 e. The smallest absolute Gasteiger partial charge is 0.291 e. The Labute approximate surface area is 133 Å². The van der Waals surface area contributed by atoms with E-state index in [1.54, 1.807) is 11.3 Å². The molecule has 2 fully saturated rings. The second kappa shape index (κ2) is 4.67. The van der Waals surface area contributed by atoms with Gasteiger partial charge in [-0.2, -0.15) is 0 Å². The minimum atomic E-state index is -0.0878. The van der Waals surface area contributed by atoms with E-state index in [1.807, 2.05) is 18.2 Å². The van der Waals surface area contributed by atoms with Crippen LogP contribution in [0.2, 0.25) is 0 Å². The number of benzene rings is 1. The molecule has 3 atom stereocenters. The summed E-state index contributed by atoms with van der Waals surface area (Å²) in [6.07, 6.45) is 2.55. The van der Waals surface area contributed by atoms with Gasteiger partial charge < -0.3 is 4.74 Å². The normalized spacial score (nSPS) is 33.2. The van der Waals surface area contributed by atoms with E-state index in [-0.39, 0.29) is 5.60 Å². The molecule has 2 saturated heterocycles. The van der Waals surface area contributed by atoms with E-state index in [0.29, 0.717) is 11.9 Å². The number of thiazole rings is 1. The van der Waals surface area contributed by atoms with Crippen LogP contribution >= 0.6 is 11.3 Å². The number of piperidine rings is 1.